The fraction of sp³-hybridized carbons (Fsp3) is 0.600. The summed E-state index contributed by atoms with van der Waals surface area (Å²) in [5.74, 6) is 1.09. The summed E-state index contributed by atoms with van der Waals surface area (Å²) in [5, 5.41) is 10.3. The highest BCUT2D eigenvalue weighted by molar-refractivity contribution is 5.69. The molecule has 0 amide bonds. The van der Waals surface area contributed by atoms with Crippen molar-refractivity contribution in [3.63, 3.8) is 0 Å². The maximum atomic E-state index is 12.0. The van der Waals surface area contributed by atoms with Gasteiger partial charge in [-0.1, -0.05) is 0 Å². The SMILES string of the molecule is CCOC(=O)CC[C@](C#N)(c1cc(OC)c(OC)c(OC)c1)[NH+]1CCOCC1. The van der Waals surface area contributed by atoms with Crippen LogP contribution in [-0.4, -0.2) is 60.2 Å². The molecule has 154 valence electrons. The van der Waals surface area contributed by atoms with Crippen molar-refractivity contribution in [1.82, 2.24) is 0 Å². The summed E-state index contributed by atoms with van der Waals surface area (Å²) in [5.41, 5.74) is -0.255. The first-order chi connectivity index (χ1) is 13.6. The van der Waals surface area contributed by atoms with Gasteiger partial charge in [-0.05, 0) is 19.1 Å². The number of esters is 1. The number of quaternary nitrogens is 1. The molecule has 1 atom stereocenters. The van der Waals surface area contributed by atoms with Crippen molar-refractivity contribution in [2.24, 2.45) is 0 Å². The number of hydrogen-bond donors (Lipinski definition) is 1. The van der Waals surface area contributed by atoms with Crippen LogP contribution >= 0.6 is 0 Å². The number of nitrogens with zero attached hydrogens (tertiary/aromatic N) is 1. The van der Waals surface area contributed by atoms with Gasteiger partial charge >= 0.3 is 5.97 Å². The van der Waals surface area contributed by atoms with Crippen molar-refractivity contribution >= 4 is 5.97 Å². The Kier molecular flexibility index (Phi) is 7.91. The third-order valence-corrected chi connectivity index (χ3v) is 5.06. The molecule has 1 heterocycles. The predicted molar refractivity (Wildman–Crippen MR) is 101 cm³/mol. The van der Waals surface area contributed by atoms with Crippen molar-refractivity contribution in [2.45, 2.75) is 25.3 Å². The van der Waals surface area contributed by atoms with Crippen LogP contribution in [0.5, 0.6) is 17.2 Å². The van der Waals surface area contributed by atoms with E-state index in [4.69, 9.17) is 23.7 Å². The van der Waals surface area contributed by atoms with E-state index < -0.39 is 5.54 Å². The first-order valence-electron chi connectivity index (χ1n) is 9.36. The van der Waals surface area contributed by atoms with Crippen LogP contribution in [0.15, 0.2) is 12.1 Å². The van der Waals surface area contributed by atoms with Crippen LogP contribution in [0.4, 0.5) is 0 Å². The van der Waals surface area contributed by atoms with Gasteiger partial charge in [0.1, 0.15) is 19.2 Å². The number of methoxy groups -OCH3 is 3. The lowest BCUT2D eigenvalue weighted by molar-refractivity contribution is -0.958. The molecule has 2 rings (SSSR count). The van der Waals surface area contributed by atoms with Crippen LogP contribution < -0.4 is 19.1 Å². The molecule has 1 N–H and O–H groups in total. The van der Waals surface area contributed by atoms with E-state index in [0.29, 0.717) is 62.1 Å². The van der Waals surface area contributed by atoms with E-state index in [1.165, 1.54) is 21.3 Å². The average Bonchev–Trinajstić information content (AvgIpc) is 2.74. The van der Waals surface area contributed by atoms with Gasteiger partial charge in [-0.25, -0.2) is 0 Å². The van der Waals surface area contributed by atoms with E-state index >= 15 is 0 Å². The minimum absolute atomic E-state index is 0.141. The smallest absolute Gasteiger partial charge is 0.306 e. The highest BCUT2D eigenvalue weighted by Gasteiger charge is 2.45. The second-order valence-electron chi connectivity index (χ2n) is 6.45. The Hall–Kier alpha value is -2.50. The van der Waals surface area contributed by atoms with Crippen LogP contribution in [0.2, 0.25) is 0 Å². The summed E-state index contributed by atoms with van der Waals surface area (Å²) in [6.45, 7) is 4.51. The number of ether oxygens (including phenoxy) is 5. The topological polar surface area (TPSA) is 91.5 Å². The quantitative estimate of drug-likeness (QED) is 0.617. The highest BCUT2D eigenvalue weighted by atomic mass is 16.5. The maximum Gasteiger partial charge on any atom is 0.306 e. The van der Waals surface area contributed by atoms with Crippen LogP contribution in [0.3, 0.4) is 0 Å². The molecule has 1 aliphatic rings. The minimum Gasteiger partial charge on any atom is -0.493 e. The Morgan fingerprint density at radius 2 is 1.79 bits per heavy atom. The molecular weight excluding hydrogens is 364 g/mol. The molecule has 0 aromatic heterocycles. The fourth-order valence-electron chi connectivity index (χ4n) is 3.62. The molecule has 0 bridgehead atoms. The van der Waals surface area contributed by atoms with Crippen molar-refractivity contribution < 1.29 is 33.4 Å². The van der Waals surface area contributed by atoms with Crippen LogP contribution in [-0.2, 0) is 19.8 Å². The zero-order chi connectivity index (χ0) is 20.6. The lowest BCUT2D eigenvalue weighted by Crippen LogP contribution is -3.20. The predicted octanol–water partition coefficient (Wildman–Crippen LogP) is 0.690. The number of carbonyl (C=O) groups is 1. The molecule has 1 aromatic rings. The summed E-state index contributed by atoms with van der Waals surface area (Å²) in [7, 11) is 4.61. The number of nitrogens with one attached hydrogen (secondary N) is 1. The molecule has 0 unspecified atom stereocenters. The lowest BCUT2D eigenvalue weighted by Gasteiger charge is -2.38. The van der Waals surface area contributed by atoms with E-state index in [9.17, 15) is 10.1 Å². The van der Waals surface area contributed by atoms with Crippen LogP contribution in [0.25, 0.3) is 0 Å². The van der Waals surface area contributed by atoms with Crippen molar-refractivity contribution in [1.29, 1.82) is 5.26 Å². The summed E-state index contributed by atoms with van der Waals surface area (Å²) in [4.78, 5) is 13.1. The first kappa shape index (κ1) is 21.8. The molecule has 1 fully saturated rings. The molecule has 0 saturated carbocycles. The highest BCUT2D eigenvalue weighted by Crippen LogP contribution is 2.41. The van der Waals surface area contributed by atoms with E-state index in [1.54, 1.807) is 19.1 Å². The van der Waals surface area contributed by atoms with Gasteiger partial charge in [0, 0.05) is 12.0 Å². The minimum atomic E-state index is -0.969. The molecule has 1 saturated heterocycles. The van der Waals surface area contributed by atoms with Gasteiger partial charge < -0.3 is 28.6 Å². The molecule has 1 aliphatic heterocycles. The van der Waals surface area contributed by atoms with Gasteiger partial charge in [0.2, 0.25) is 11.3 Å². The van der Waals surface area contributed by atoms with Gasteiger partial charge in [-0.2, -0.15) is 5.26 Å². The second kappa shape index (κ2) is 10.2. The molecule has 1 aromatic carbocycles. The van der Waals surface area contributed by atoms with Crippen molar-refractivity contribution in [3.05, 3.63) is 17.7 Å². The zero-order valence-electron chi connectivity index (χ0n) is 17.0. The molecule has 0 aliphatic carbocycles. The molecule has 28 heavy (non-hydrogen) atoms. The number of hydrogen-bond acceptors (Lipinski definition) is 7. The Bertz CT molecular complexity index is 686. The summed E-state index contributed by atoms with van der Waals surface area (Å²) in [6, 6.07) is 6.07. The molecule has 8 heteroatoms. The number of nitriles is 1. The normalized spacial score (nSPS) is 16.5. The number of carbonyl (C=O) groups excluding carboxylic acids is 1. The zero-order valence-corrected chi connectivity index (χ0v) is 17.0. The van der Waals surface area contributed by atoms with Crippen molar-refractivity contribution in [2.75, 3.05) is 54.2 Å². The Morgan fingerprint density at radius 3 is 2.25 bits per heavy atom. The summed E-state index contributed by atoms with van der Waals surface area (Å²) >= 11 is 0. The van der Waals surface area contributed by atoms with Crippen molar-refractivity contribution in [3.8, 4) is 23.3 Å². The van der Waals surface area contributed by atoms with Gasteiger partial charge in [-0.3, -0.25) is 4.79 Å². The largest absolute Gasteiger partial charge is 0.493 e. The lowest BCUT2D eigenvalue weighted by atomic mass is 9.84. The third-order valence-electron chi connectivity index (χ3n) is 5.06. The molecule has 0 spiro atoms. The number of morpholine rings is 1. The molecule has 8 nitrogen and oxygen atoms in total. The summed E-state index contributed by atoms with van der Waals surface area (Å²) < 4.78 is 26.9. The Morgan fingerprint density at radius 1 is 1.18 bits per heavy atom. The third kappa shape index (κ3) is 4.49. The molecular formula is C20H29N2O6+. The van der Waals surface area contributed by atoms with Crippen LogP contribution in [0.1, 0.15) is 25.3 Å². The van der Waals surface area contributed by atoms with E-state index in [-0.39, 0.29) is 12.4 Å². The first-order valence-corrected chi connectivity index (χ1v) is 9.36. The van der Waals surface area contributed by atoms with Gasteiger partial charge in [0.05, 0.1) is 47.6 Å². The standard InChI is InChI=1S/C20H28N2O6/c1-5-28-18(23)6-7-20(14-21,22-8-10-27-11-9-22)15-12-16(24-2)19(26-4)17(13-15)25-3/h12-13H,5-11H2,1-4H3/p+1/t20-/m0/s1. The van der Waals surface area contributed by atoms with E-state index in [1.807, 2.05) is 0 Å². The van der Waals surface area contributed by atoms with Gasteiger partial charge in [-0.15, -0.1) is 0 Å². The number of benzene rings is 1. The fourth-order valence-corrected chi connectivity index (χ4v) is 3.62. The maximum absolute atomic E-state index is 12.0. The van der Waals surface area contributed by atoms with E-state index in [0.717, 1.165) is 4.90 Å². The Labute approximate surface area is 165 Å². The van der Waals surface area contributed by atoms with Gasteiger partial charge in [0.25, 0.3) is 0 Å². The Balaban J connectivity index is 2.53. The second-order valence-corrected chi connectivity index (χ2v) is 6.45. The average molecular weight is 393 g/mol. The molecule has 0 radical (unpaired) electrons. The van der Waals surface area contributed by atoms with Gasteiger partial charge in [0.15, 0.2) is 11.5 Å². The van der Waals surface area contributed by atoms with E-state index in [2.05, 4.69) is 6.07 Å². The monoisotopic (exact) mass is 393 g/mol. The number of rotatable bonds is 9. The summed E-state index contributed by atoms with van der Waals surface area (Å²) in [6.07, 6.45) is 0.457. The van der Waals surface area contributed by atoms with Crippen LogP contribution in [0, 0.1) is 11.3 Å².